The van der Waals surface area contributed by atoms with Gasteiger partial charge in [0.2, 0.25) is 0 Å². The first kappa shape index (κ1) is 19.1. The Hall–Kier alpha value is -1.93. The Kier molecular flexibility index (Phi) is 7.70. The van der Waals surface area contributed by atoms with Crippen LogP contribution in [0.5, 0.6) is 0 Å². The summed E-state index contributed by atoms with van der Waals surface area (Å²) in [6.45, 7) is 2.90. The number of ether oxygens (including phenoxy) is 1. The summed E-state index contributed by atoms with van der Waals surface area (Å²) < 4.78 is 5.19. The molecule has 23 heavy (non-hydrogen) atoms. The van der Waals surface area contributed by atoms with Gasteiger partial charge in [0.25, 0.3) is 5.91 Å². The number of halogens is 1. The van der Waals surface area contributed by atoms with E-state index in [-0.39, 0.29) is 24.7 Å². The van der Waals surface area contributed by atoms with Crippen molar-refractivity contribution >= 4 is 46.6 Å². The van der Waals surface area contributed by atoms with Crippen LogP contribution >= 0.6 is 22.9 Å². The van der Waals surface area contributed by atoms with E-state index in [1.807, 2.05) is 5.32 Å². The van der Waals surface area contributed by atoms with Crippen LogP contribution in [0.25, 0.3) is 0 Å². The molecule has 0 saturated carbocycles. The van der Waals surface area contributed by atoms with Gasteiger partial charge in [-0.15, -0.1) is 11.3 Å². The van der Waals surface area contributed by atoms with Gasteiger partial charge in [-0.25, -0.2) is 4.79 Å². The number of Topliss-reactive ketones (excluding diaryl/α,β-unsaturated/α-hetero) is 1. The number of rotatable bonds is 7. The molecular weight excluding hydrogens is 344 g/mol. The molecule has 1 aromatic heterocycles. The van der Waals surface area contributed by atoms with E-state index in [0.717, 1.165) is 11.3 Å². The summed E-state index contributed by atoms with van der Waals surface area (Å²) in [4.78, 5) is 46.3. The Balaban J connectivity index is 2.25. The van der Waals surface area contributed by atoms with Gasteiger partial charge in [0.05, 0.1) is 15.6 Å². The molecule has 0 unspecified atom stereocenters. The lowest BCUT2D eigenvalue weighted by Crippen LogP contribution is -2.44. The number of esters is 1. The average molecular weight is 361 g/mol. The Bertz CT molecular complexity index is 600. The van der Waals surface area contributed by atoms with Crippen molar-refractivity contribution in [1.82, 2.24) is 10.6 Å². The van der Waals surface area contributed by atoms with E-state index in [9.17, 15) is 19.2 Å². The molecule has 0 aliphatic carbocycles. The zero-order valence-corrected chi connectivity index (χ0v) is 14.3. The number of nitrogens with one attached hydrogen (secondary N) is 2. The van der Waals surface area contributed by atoms with E-state index < -0.39 is 24.5 Å². The van der Waals surface area contributed by atoms with Gasteiger partial charge in [0.1, 0.15) is 0 Å². The minimum absolute atomic E-state index is 0.0366. The maximum Gasteiger partial charge on any atom is 0.321 e. The second-order valence-electron chi connectivity index (χ2n) is 4.86. The summed E-state index contributed by atoms with van der Waals surface area (Å²) in [5, 5.41) is 4.47. The normalized spacial score (nSPS) is 10.3. The number of amides is 3. The second kappa shape index (κ2) is 9.26. The van der Waals surface area contributed by atoms with Crippen LogP contribution in [0.2, 0.25) is 4.34 Å². The van der Waals surface area contributed by atoms with Gasteiger partial charge in [0, 0.05) is 12.5 Å². The molecule has 0 aliphatic rings. The van der Waals surface area contributed by atoms with Crippen molar-refractivity contribution in [3.05, 3.63) is 21.3 Å². The number of imide groups is 1. The van der Waals surface area contributed by atoms with Gasteiger partial charge in [-0.1, -0.05) is 11.6 Å². The molecule has 9 heteroatoms. The lowest BCUT2D eigenvalue weighted by atomic mass is 10.2. The molecule has 0 bridgehead atoms. The number of hydrogen-bond acceptors (Lipinski definition) is 6. The molecule has 0 atom stereocenters. The van der Waals surface area contributed by atoms with E-state index in [0.29, 0.717) is 9.21 Å². The number of hydrogen-bond donors (Lipinski definition) is 2. The minimum atomic E-state index is -0.743. The molecule has 1 rings (SSSR count). The second-order valence-corrected chi connectivity index (χ2v) is 6.58. The molecule has 0 spiro atoms. The molecule has 3 amide bonds. The summed E-state index contributed by atoms with van der Waals surface area (Å²) >= 11 is 6.85. The molecule has 0 radical (unpaired) electrons. The van der Waals surface area contributed by atoms with Crippen molar-refractivity contribution in [2.24, 2.45) is 0 Å². The van der Waals surface area contributed by atoms with Gasteiger partial charge < -0.3 is 10.1 Å². The van der Waals surface area contributed by atoms with Gasteiger partial charge in [-0.05, 0) is 26.0 Å². The summed E-state index contributed by atoms with van der Waals surface area (Å²) in [5.41, 5.74) is 0. The highest BCUT2D eigenvalue weighted by Crippen LogP contribution is 2.22. The van der Waals surface area contributed by atoms with Crippen molar-refractivity contribution in [2.75, 3.05) is 6.61 Å². The lowest BCUT2D eigenvalue weighted by molar-refractivity contribution is -0.148. The Morgan fingerprint density at radius 3 is 2.48 bits per heavy atom. The van der Waals surface area contributed by atoms with Crippen LogP contribution < -0.4 is 10.6 Å². The maximum absolute atomic E-state index is 11.8. The van der Waals surface area contributed by atoms with E-state index >= 15 is 0 Å². The summed E-state index contributed by atoms with van der Waals surface area (Å²) in [6.07, 6.45) is -0.190. The van der Waals surface area contributed by atoms with Crippen molar-refractivity contribution in [1.29, 1.82) is 0 Å². The summed E-state index contributed by atoms with van der Waals surface area (Å²) in [5.74, 6) is -1.66. The zero-order chi connectivity index (χ0) is 17.4. The third-order valence-electron chi connectivity index (χ3n) is 2.44. The van der Waals surface area contributed by atoms with Gasteiger partial charge in [0.15, 0.2) is 12.4 Å². The van der Waals surface area contributed by atoms with Gasteiger partial charge >= 0.3 is 12.0 Å². The third kappa shape index (κ3) is 7.75. The molecular formula is C14H17ClN2O5S. The highest BCUT2D eigenvalue weighted by molar-refractivity contribution is 7.18. The smallest absolute Gasteiger partial charge is 0.321 e. The number of carbonyl (C=O) groups excluding carboxylic acids is 4. The molecule has 0 fully saturated rings. The molecule has 1 heterocycles. The monoisotopic (exact) mass is 360 g/mol. The SMILES string of the molecule is CC(C)NC(=O)NC(=O)COC(=O)CCC(=O)c1ccc(Cl)s1. The third-order valence-corrected chi connectivity index (χ3v) is 3.71. The zero-order valence-electron chi connectivity index (χ0n) is 12.7. The summed E-state index contributed by atoms with van der Waals surface area (Å²) in [6, 6.07) is 2.40. The number of thiophene rings is 1. The fraction of sp³-hybridized carbons (Fsp3) is 0.429. The largest absolute Gasteiger partial charge is 0.456 e. The average Bonchev–Trinajstić information content (AvgIpc) is 2.88. The maximum atomic E-state index is 11.8. The Morgan fingerprint density at radius 2 is 1.91 bits per heavy atom. The topological polar surface area (TPSA) is 102 Å². The number of urea groups is 1. The Morgan fingerprint density at radius 1 is 1.22 bits per heavy atom. The van der Waals surface area contributed by atoms with Crippen LogP contribution in [0.3, 0.4) is 0 Å². The van der Waals surface area contributed by atoms with Crippen molar-refractivity contribution in [2.45, 2.75) is 32.7 Å². The molecule has 2 N–H and O–H groups in total. The highest BCUT2D eigenvalue weighted by Gasteiger charge is 2.14. The first-order valence-corrected chi connectivity index (χ1v) is 8.02. The lowest BCUT2D eigenvalue weighted by Gasteiger charge is -2.09. The quantitative estimate of drug-likeness (QED) is 0.573. The fourth-order valence-corrected chi connectivity index (χ4v) is 2.49. The number of ketones is 1. The standard InChI is InChI=1S/C14H17ClN2O5S/c1-8(2)16-14(21)17-12(19)7-22-13(20)6-3-9(18)10-4-5-11(15)23-10/h4-5,8H,3,6-7H2,1-2H3,(H2,16,17,19,21). The molecule has 0 aliphatic heterocycles. The van der Waals surface area contributed by atoms with E-state index in [1.54, 1.807) is 26.0 Å². The minimum Gasteiger partial charge on any atom is -0.456 e. The molecule has 0 aromatic carbocycles. The molecule has 0 saturated heterocycles. The van der Waals surface area contributed by atoms with E-state index in [4.69, 9.17) is 16.3 Å². The van der Waals surface area contributed by atoms with Gasteiger partial charge in [-0.2, -0.15) is 0 Å². The van der Waals surface area contributed by atoms with Crippen LogP contribution in [-0.2, 0) is 14.3 Å². The first-order valence-electron chi connectivity index (χ1n) is 6.82. The van der Waals surface area contributed by atoms with Crippen molar-refractivity contribution < 1.29 is 23.9 Å². The van der Waals surface area contributed by atoms with Crippen LogP contribution in [0.1, 0.15) is 36.4 Å². The number of carbonyl (C=O) groups is 4. The molecule has 1 aromatic rings. The van der Waals surface area contributed by atoms with E-state index in [1.165, 1.54) is 0 Å². The molecule has 7 nitrogen and oxygen atoms in total. The predicted molar refractivity (Wildman–Crippen MR) is 85.7 cm³/mol. The predicted octanol–water partition coefficient (Wildman–Crippen LogP) is 2.14. The van der Waals surface area contributed by atoms with Crippen LogP contribution in [-0.4, -0.2) is 36.3 Å². The highest BCUT2D eigenvalue weighted by atomic mass is 35.5. The molecule has 126 valence electrons. The van der Waals surface area contributed by atoms with Crippen LogP contribution in [0.4, 0.5) is 4.79 Å². The Labute approximate surface area is 142 Å². The van der Waals surface area contributed by atoms with Gasteiger partial charge in [-0.3, -0.25) is 19.7 Å². The van der Waals surface area contributed by atoms with E-state index in [2.05, 4.69) is 5.32 Å². The van der Waals surface area contributed by atoms with Crippen molar-refractivity contribution in [3.63, 3.8) is 0 Å². The van der Waals surface area contributed by atoms with Crippen LogP contribution in [0.15, 0.2) is 12.1 Å². The van der Waals surface area contributed by atoms with Crippen LogP contribution in [0, 0.1) is 0 Å². The summed E-state index contributed by atoms with van der Waals surface area (Å²) in [7, 11) is 0. The first-order chi connectivity index (χ1) is 10.8. The fourth-order valence-electron chi connectivity index (χ4n) is 1.48. The van der Waals surface area contributed by atoms with Crippen molar-refractivity contribution in [3.8, 4) is 0 Å².